The molecule has 1 aliphatic heterocycles. The molecule has 2 aromatic carbocycles. The van der Waals surface area contributed by atoms with E-state index in [-0.39, 0.29) is 46.7 Å². The SMILES string of the molecule is O=C1C2C(C(=O)N1N=Cc1c(O)ccc3ccccc13)C1C=CC2C12CC2. The average molecular weight is 358 g/mol. The number of hydrogen-bond donors (Lipinski definition) is 1. The van der Waals surface area contributed by atoms with Crippen molar-refractivity contribution in [1.29, 1.82) is 0 Å². The van der Waals surface area contributed by atoms with Crippen LogP contribution in [0.15, 0.2) is 53.7 Å². The Morgan fingerprint density at radius 3 is 2.33 bits per heavy atom. The van der Waals surface area contributed by atoms with Gasteiger partial charge in [0.15, 0.2) is 0 Å². The topological polar surface area (TPSA) is 70.0 Å². The molecule has 1 N–H and O–H groups in total. The quantitative estimate of drug-likeness (QED) is 0.510. The Hall–Kier alpha value is -2.95. The molecule has 134 valence electrons. The minimum absolute atomic E-state index is 0.0791. The molecule has 5 nitrogen and oxygen atoms in total. The first-order valence-electron chi connectivity index (χ1n) is 9.43. The number of fused-ring (bicyclic) bond motifs is 4. The van der Waals surface area contributed by atoms with Gasteiger partial charge in [-0.1, -0.05) is 42.5 Å². The molecule has 4 unspecified atom stereocenters. The normalized spacial score (nSPS) is 32.4. The molecule has 3 fully saturated rings. The summed E-state index contributed by atoms with van der Waals surface area (Å²) in [4.78, 5) is 25.9. The maximum absolute atomic E-state index is 13.0. The Morgan fingerprint density at radius 2 is 1.67 bits per heavy atom. The molecule has 4 aliphatic rings. The number of amides is 2. The third-order valence-electron chi connectivity index (χ3n) is 7.08. The lowest BCUT2D eigenvalue weighted by molar-refractivity contribution is -0.141. The Morgan fingerprint density at radius 1 is 1.00 bits per heavy atom. The number of nitrogens with zero attached hydrogens (tertiary/aromatic N) is 2. The lowest BCUT2D eigenvalue weighted by Crippen LogP contribution is -2.30. The zero-order valence-corrected chi connectivity index (χ0v) is 14.6. The van der Waals surface area contributed by atoms with E-state index in [1.165, 1.54) is 6.21 Å². The number of phenols is 1. The molecule has 3 aliphatic carbocycles. The molecule has 2 saturated carbocycles. The third kappa shape index (κ3) is 1.77. The van der Waals surface area contributed by atoms with E-state index in [2.05, 4.69) is 17.3 Å². The number of hydrazone groups is 1. The molecule has 2 aromatic rings. The standard InChI is InChI=1S/C22H18N2O3/c25-17-8-5-12-3-1-2-4-13(12)14(17)11-23-24-20(26)18-15-6-7-16(19(18)21(24)27)22(15)9-10-22/h1-8,11,15-16,18-19,25H,9-10H2. The number of carbonyl (C=O) groups excluding carboxylic acids is 2. The molecule has 4 atom stereocenters. The molecule has 27 heavy (non-hydrogen) atoms. The summed E-state index contributed by atoms with van der Waals surface area (Å²) in [7, 11) is 0. The van der Waals surface area contributed by atoms with Crippen molar-refractivity contribution in [3.63, 3.8) is 0 Å². The van der Waals surface area contributed by atoms with E-state index in [4.69, 9.17) is 0 Å². The highest BCUT2D eigenvalue weighted by Crippen LogP contribution is 2.73. The van der Waals surface area contributed by atoms with Crippen LogP contribution in [0.1, 0.15) is 18.4 Å². The first-order chi connectivity index (χ1) is 13.1. The zero-order chi connectivity index (χ0) is 18.3. The van der Waals surface area contributed by atoms with Crippen LogP contribution in [-0.4, -0.2) is 28.1 Å². The Balaban J connectivity index is 1.37. The van der Waals surface area contributed by atoms with Crippen molar-refractivity contribution in [3.8, 4) is 5.75 Å². The van der Waals surface area contributed by atoms with Crippen molar-refractivity contribution in [3.05, 3.63) is 54.1 Å². The van der Waals surface area contributed by atoms with E-state index in [0.29, 0.717) is 5.56 Å². The highest BCUT2D eigenvalue weighted by Gasteiger charge is 2.73. The van der Waals surface area contributed by atoms with Crippen LogP contribution in [0.4, 0.5) is 0 Å². The maximum atomic E-state index is 13.0. The van der Waals surface area contributed by atoms with Crippen LogP contribution >= 0.6 is 0 Å². The van der Waals surface area contributed by atoms with Crippen molar-refractivity contribution in [2.75, 3.05) is 0 Å². The van der Waals surface area contributed by atoms with Gasteiger partial charge in [0.2, 0.25) is 0 Å². The second kappa shape index (κ2) is 4.85. The summed E-state index contributed by atoms with van der Waals surface area (Å²) in [6.45, 7) is 0. The highest BCUT2D eigenvalue weighted by atomic mass is 16.3. The lowest BCUT2D eigenvalue weighted by Gasteiger charge is -2.18. The van der Waals surface area contributed by atoms with Crippen LogP contribution in [0.2, 0.25) is 0 Å². The molecule has 6 rings (SSSR count). The highest BCUT2D eigenvalue weighted by molar-refractivity contribution is 6.08. The van der Waals surface area contributed by atoms with Crippen LogP contribution in [0.25, 0.3) is 10.8 Å². The third-order valence-corrected chi connectivity index (χ3v) is 7.08. The fourth-order valence-corrected chi connectivity index (χ4v) is 5.71. The van der Waals surface area contributed by atoms with E-state index in [9.17, 15) is 14.7 Å². The summed E-state index contributed by atoms with van der Waals surface area (Å²) in [6, 6.07) is 11.1. The molecular formula is C22H18N2O3. The molecule has 1 heterocycles. The monoisotopic (exact) mass is 358 g/mol. The maximum Gasteiger partial charge on any atom is 0.254 e. The van der Waals surface area contributed by atoms with Crippen LogP contribution in [-0.2, 0) is 9.59 Å². The summed E-state index contributed by atoms with van der Waals surface area (Å²) in [5, 5.41) is 17.3. The molecule has 1 spiro atoms. The van der Waals surface area contributed by atoms with Gasteiger partial charge < -0.3 is 5.11 Å². The number of imide groups is 1. The number of carbonyl (C=O) groups is 2. The number of rotatable bonds is 2. The van der Waals surface area contributed by atoms with E-state index < -0.39 is 0 Å². The molecule has 1 saturated heterocycles. The van der Waals surface area contributed by atoms with Crippen molar-refractivity contribution in [2.24, 2.45) is 34.2 Å². The van der Waals surface area contributed by atoms with Gasteiger partial charge >= 0.3 is 0 Å². The smallest absolute Gasteiger partial charge is 0.254 e. The van der Waals surface area contributed by atoms with Crippen LogP contribution in [0.3, 0.4) is 0 Å². The van der Waals surface area contributed by atoms with Crippen LogP contribution in [0.5, 0.6) is 5.75 Å². The average Bonchev–Trinajstić information content (AvgIpc) is 3.28. The molecule has 0 radical (unpaired) electrons. The fourth-order valence-electron chi connectivity index (χ4n) is 5.71. The van der Waals surface area contributed by atoms with Gasteiger partial charge in [0, 0.05) is 5.56 Å². The Bertz CT molecular complexity index is 1050. The number of phenolic OH excluding ortho intramolecular Hbond substituents is 1. The summed E-state index contributed by atoms with van der Waals surface area (Å²) in [5.41, 5.74) is 0.704. The largest absolute Gasteiger partial charge is 0.507 e. The Kier molecular flexibility index (Phi) is 2.72. The van der Waals surface area contributed by atoms with Gasteiger partial charge in [-0.05, 0) is 46.9 Å². The first-order valence-corrected chi connectivity index (χ1v) is 9.43. The van der Waals surface area contributed by atoms with E-state index in [0.717, 1.165) is 28.6 Å². The summed E-state index contributed by atoms with van der Waals surface area (Å²) in [6.07, 6.45) is 7.98. The summed E-state index contributed by atoms with van der Waals surface area (Å²) < 4.78 is 0. The van der Waals surface area contributed by atoms with Gasteiger partial charge in [0.05, 0.1) is 18.1 Å². The van der Waals surface area contributed by atoms with Gasteiger partial charge in [-0.25, -0.2) is 0 Å². The van der Waals surface area contributed by atoms with E-state index >= 15 is 0 Å². The van der Waals surface area contributed by atoms with Gasteiger partial charge in [-0.3, -0.25) is 9.59 Å². The molecule has 0 aromatic heterocycles. The summed E-state index contributed by atoms with van der Waals surface area (Å²) in [5.74, 6) is -0.435. The number of aromatic hydroxyl groups is 1. The predicted molar refractivity (Wildman–Crippen MR) is 99.8 cm³/mol. The number of allylic oxidation sites excluding steroid dienone is 2. The zero-order valence-electron chi connectivity index (χ0n) is 14.6. The lowest BCUT2D eigenvalue weighted by atomic mass is 9.85. The van der Waals surface area contributed by atoms with Gasteiger partial charge in [0.1, 0.15) is 5.75 Å². The second-order valence-electron chi connectivity index (χ2n) is 8.17. The minimum atomic E-state index is -0.256. The number of benzene rings is 2. The van der Waals surface area contributed by atoms with E-state index in [1.54, 1.807) is 6.07 Å². The second-order valence-corrected chi connectivity index (χ2v) is 8.17. The van der Waals surface area contributed by atoms with Gasteiger partial charge in [-0.2, -0.15) is 10.1 Å². The fraction of sp³-hybridized carbons (Fsp3) is 0.318. The Labute approximate surface area is 156 Å². The molecule has 2 amide bonds. The van der Waals surface area contributed by atoms with Crippen molar-refractivity contribution >= 4 is 28.8 Å². The van der Waals surface area contributed by atoms with E-state index in [1.807, 2.05) is 30.3 Å². The van der Waals surface area contributed by atoms with Crippen molar-refractivity contribution in [2.45, 2.75) is 12.8 Å². The number of hydrogen-bond acceptors (Lipinski definition) is 4. The van der Waals surface area contributed by atoms with Crippen molar-refractivity contribution < 1.29 is 14.7 Å². The molecule has 2 bridgehead atoms. The van der Waals surface area contributed by atoms with Gasteiger partial charge in [0.25, 0.3) is 11.8 Å². The predicted octanol–water partition coefficient (Wildman–Crippen LogP) is 3.08. The van der Waals surface area contributed by atoms with Crippen LogP contribution < -0.4 is 0 Å². The van der Waals surface area contributed by atoms with Gasteiger partial charge in [-0.15, -0.1) is 0 Å². The van der Waals surface area contributed by atoms with Crippen LogP contribution in [0, 0.1) is 29.1 Å². The minimum Gasteiger partial charge on any atom is -0.507 e. The summed E-state index contributed by atoms with van der Waals surface area (Å²) >= 11 is 0. The molecular weight excluding hydrogens is 340 g/mol. The first kappa shape index (κ1) is 15.1. The van der Waals surface area contributed by atoms with Crippen molar-refractivity contribution in [1.82, 2.24) is 5.01 Å². The molecule has 5 heteroatoms.